The summed E-state index contributed by atoms with van der Waals surface area (Å²) in [6.07, 6.45) is 0. The summed E-state index contributed by atoms with van der Waals surface area (Å²) in [5, 5.41) is 0. The zero-order valence-corrected chi connectivity index (χ0v) is 19.8. The van der Waals surface area contributed by atoms with Gasteiger partial charge >= 0.3 is 0 Å². The van der Waals surface area contributed by atoms with Gasteiger partial charge in [-0.15, -0.1) is 0 Å². The van der Waals surface area contributed by atoms with Crippen molar-refractivity contribution in [2.45, 2.75) is 26.2 Å². The van der Waals surface area contributed by atoms with Crippen LogP contribution in [0.4, 0.5) is 22.7 Å². The smallest absolute Gasteiger partial charge is 0.0468 e. The molecule has 0 aliphatic heterocycles. The molecule has 3 heteroatoms. The van der Waals surface area contributed by atoms with E-state index in [-0.39, 0.29) is 5.41 Å². The molecule has 0 saturated carbocycles. The van der Waals surface area contributed by atoms with Crippen molar-refractivity contribution in [3.8, 4) is 11.1 Å². The standard InChI is InChI=1S/C27H24N2.C2H6S/c1-27(2)25-11-7-6-10-23(25)24-18-22(16-17-26(24)27)29(20-8-4-3-5-9-20)21-14-12-19(28)13-15-21;1-2-3/h3-18H,28H2,1-2H3;3H,2H2,1H3. The van der Waals surface area contributed by atoms with Crippen LogP contribution >= 0.6 is 12.6 Å². The van der Waals surface area contributed by atoms with E-state index < -0.39 is 0 Å². The van der Waals surface area contributed by atoms with Crippen LogP contribution in [0.1, 0.15) is 31.9 Å². The molecule has 0 atom stereocenters. The van der Waals surface area contributed by atoms with Crippen LogP contribution in [-0.2, 0) is 5.41 Å². The van der Waals surface area contributed by atoms with E-state index in [0.717, 1.165) is 28.5 Å². The van der Waals surface area contributed by atoms with Crippen molar-refractivity contribution in [2.75, 3.05) is 16.4 Å². The van der Waals surface area contributed by atoms with Crippen LogP contribution < -0.4 is 10.6 Å². The zero-order valence-electron chi connectivity index (χ0n) is 18.9. The Morgan fingerprint density at radius 1 is 0.688 bits per heavy atom. The Balaban J connectivity index is 0.000000775. The molecule has 0 radical (unpaired) electrons. The third-order valence-corrected chi connectivity index (χ3v) is 5.99. The van der Waals surface area contributed by atoms with Gasteiger partial charge in [0.2, 0.25) is 0 Å². The molecular weight excluding hydrogens is 408 g/mol. The molecule has 162 valence electrons. The molecule has 4 aromatic carbocycles. The molecule has 0 aromatic heterocycles. The van der Waals surface area contributed by atoms with Crippen LogP contribution in [0.25, 0.3) is 11.1 Å². The third kappa shape index (κ3) is 4.01. The van der Waals surface area contributed by atoms with E-state index in [0.29, 0.717) is 0 Å². The first-order chi connectivity index (χ1) is 15.5. The maximum absolute atomic E-state index is 5.94. The first-order valence-corrected chi connectivity index (χ1v) is 11.7. The number of fused-ring (bicyclic) bond motifs is 3. The molecule has 2 nitrogen and oxygen atoms in total. The molecule has 0 spiro atoms. The van der Waals surface area contributed by atoms with Gasteiger partial charge in [0.05, 0.1) is 0 Å². The number of nitrogens with zero attached hydrogens (tertiary/aromatic N) is 1. The Morgan fingerprint density at radius 2 is 1.22 bits per heavy atom. The normalized spacial score (nSPS) is 12.9. The van der Waals surface area contributed by atoms with Crippen LogP contribution in [0.2, 0.25) is 0 Å². The molecule has 2 N–H and O–H groups in total. The molecule has 0 unspecified atom stereocenters. The predicted octanol–water partition coefficient (Wildman–Crippen LogP) is 7.98. The highest BCUT2D eigenvalue weighted by atomic mass is 32.1. The summed E-state index contributed by atoms with van der Waals surface area (Å²) in [5.74, 6) is 0.944. The van der Waals surface area contributed by atoms with Gasteiger partial charge in [0.1, 0.15) is 0 Å². The topological polar surface area (TPSA) is 29.3 Å². The van der Waals surface area contributed by atoms with Crippen molar-refractivity contribution in [1.29, 1.82) is 0 Å². The van der Waals surface area contributed by atoms with E-state index in [1.807, 2.05) is 25.1 Å². The lowest BCUT2D eigenvalue weighted by atomic mass is 9.82. The van der Waals surface area contributed by atoms with Gasteiger partial charge in [-0.2, -0.15) is 12.6 Å². The fourth-order valence-corrected chi connectivity index (χ4v) is 4.49. The summed E-state index contributed by atoms with van der Waals surface area (Å²) in [7, 11) is 0. The molecule has 1 aliphatic rings. The highest BCUT2D eigenvalue weighted by molar-refractivity contribution is 7.80. The summed E-state index contributed by atoms with van der Waals surface area (Å²) >= 11 is 3.79. The third-order valence-electron chi connectivity index (χ3n) is 5.99. The monoisotopic (exact) mass is 438 g/mol. The van der Waals surface area contributed by atoms with Gasteiger partial charge in [0, 0.05) is 28.2 Å². The van der Waals surface area contributed by atoms with Crippen molar-refractivity contribution in [3.05, 3.63) is 108 Å². The minimum atomic E-state index is 0.0171. The lowest BCUT2D eigenvalue weighted by Crippen LogP contribution is -2.15. The number of benzene rings is 4. The number of para-hydroxylation sites is 1. The molecule has 4 aromatic rings. The summed E-state index contributed by atoms with van der Waals surface area (Å²) in [6.45, 7) is 6.61. The predicted molar refractivity (Wildman–Crippen MR) is 143 cm³/mol. The molecular formula is C29H30N2S. The van der Waals surface area contributed by atoms with E-state index >= 15 is 0 Å². The van der Waals surface area contributed by atoms with Gasteiger partial charge in [-0.05, 0) is 76.5 Å². The largest absolute Gasteiger partial charge is 0.399 e. The lowest BCUT2D eigenvalue weighted by molar-refractivity contribution is 0.660. The highest BCUT2D eigenvalue weighted by Crippen LogP contribution is 2.50. The van der Waals surface area contributed by atoms with Crippen LogP contribution in [0.3, 0.4) is 0 Å². The Labute approximate surface area is 197 Å². The molecule has 1 aliphatic carbocycles. The number of rotatable bonds is 3. The van der Waals surface area contributed by atoms with Crippen molar-refractivity contribution < 1.29 is 0 Å². The maximum Gasteiger partial charge on any atom is 0.0468 e. The van der Waals surface area contributed by atoms with E-state index in [1.54, 1.807) is 0 Å². The van der Waals surface area contributed by atoms with E-state index in [2.05, 4.69) is 110 Å². The second kappa shape index (κ2) is 9.13. The summed E-state index contributed by atoms with van der Waals surface area (Å²) in [5.41, 5.74) is 15.5. The fraction of sp³-hybridized carbons (Fsp3) is 0.172. The van der Waals surface area contributed by atoms with Gasteiger partial charge in [-0.25, -0.2) is 0 Å². The minimum absolute atomic E-state index is 0.0171. The quantitative estimate of drug-likeness (QED) is 0.251. The van der Waals surface area contributed by atoms with Crippen LogP contribution in [0.15, 0.2) is 97.1 Å². The van der Waals surface area contributed by atoms with E-state index in [4.69, 9.17) is 5.73 Å². The highest BCUT2D eigenvalue weighted by Gasteiger charge is 2.35. The number of hydrogen-bond acceptors (Lipinski definition) is 3. The van der Waals surface area contributed by atoms with Crippen molar-refractivity contribution in [1.82, 2.24) is 0 Å². The molecule has 0 bridgehead atoms. The van der Waals surface area contributed by atoms with Crippen molar-refractivity contribution >= 4 is 35.4 Å². The number of thiol groups is 1. The van der Waals surface area contributed by atoms with Gasteiger partial charge in [0.15, 0.2) is 0 Å². The number of nitrogen functional groups attached to an aromatic ring is 1. The molecule has 0 heterocycles. The van der Waals surface area contributed by atoms with E-state index in [9.17, 15) is 0 Å². The Kier molecular flexibility index (Phi) is 6.29. The fourth-order valence-electron chi connectivity index (χ4n) is 4.49. The van der Waals surface area contributed by atoms with Crippen LogP contribution in [0, 0.1) is 0 Å². The average molecular weight is 439 g/mol. The van der Waals surface area contributed by atoms with Gasteiger partial charge < -0.3 is 10.6 Å². The molecule has 0 amide bonds. The van der Waals surface area contributed by atoms with Gasteiger partial charge in [-0.3, -0.25) is 0 Å². The van der Waals surface area contributed by atoms with E-state index in [1.165, 1.54) is 22.3 Å². The lowest BCUT2D eigenvalue weighted by Gasteiger charge is -2.27. The second-order valence-corrected chi connectivity index (χ2v) is 9.11. The van der Waals surface area contributed by atoms with Crippen LogP contribution in [-0.4, -0.2) is 5.75 Å². The Bertz CT molecular complexity index is 1200. The zero-order chi connectivity index (χ0) is 22.7. The van der Waals surface area contributed by atoms with Crippen molar-refractivity contribution in [3.63, 3.8) is 0 Å². The molecule has 5 rings (SSSR count). The minimum Gasteiger partial charge on any atom is -0.399 e. The number of hydrogen-bond donors (Lipinski definition) is 2. The summed E-state index contributed by atoms with van der Waals surface area (Å²) in [6, 6.07) is 34.2. The van der Waals surface area contributed by atoms with Gasteiger partial charge in [0.25, 0.3) is 0 Å². The van der Waals surface area contributed by atoms with Gasteiger partial charge in [-0.1, -0.05) is 69.3 Å². The van der Waals surface area contributed by atoms with Crippen molar-refractivity contribution in [2.24, 2.45) is 0 Å². The first kappa shape index (κ1) is 22.0. The maximum atomic E-state index is 5.94. The first-order valence-electron chi connectivity index (χ1n) is 11.0. The molecule has 0 saturated heterocycles. The molecule has 32 heavy (non-hydrogen) atoms. The SMILES string of the molecule is CC1(C)c2ccccc2-c2cc(N(c3ccccc3)c3ccc(N)cc3)ccc21.CCS. The number of nitrogens with two attached hydrogens (primary N) is 1. The van der Waals surface area contributed by atoms with Crippen LogP contribution in [0.5, 0.6) is 0 Å². The summed E-state index contributed by atoms with van der Waals surface area (Å²) < 4.78 is 0. The Hall–Kier alpha value is -3.17. The summed E-state index contributed by atoms with van der Waals surface area (Å²) in [4.78, 5) is 2.29. The number of anilines is 4. The molecule has 0 fully saturated rings. The Morgan fingerprint density at radius 3 is 1.91 bits per heavy atom. The average Bonchev–Trinajstić information content (AvgIpc) is 3.04. The second-order valence-electron chi connectivity index (χ2n) is 8.48.